The van der Waals surface area contributed by atoms with Crippen LogP contribution in [0.3, 0.4) is 0 Å². The Bertz CT molecular complexity index is 725. The van der Waals surface area contributed by atoms with E-state index in [1.54, 1.807) is 14.2 Å². The van der Waals surface area contributed by atoms with E-state index in [2.05, 4.69) is 24.0 Å². The van der Waals surface area contributed by atoms with Crippen LogP contribution >= 0.6 is 70.6 Å². The molecule has 0 aliphatic carbocycles. The first kappa shape index (κ1) is 31.4. The van der Waals surface area contributed by atoms with Crippen molar-refractivity contribution in [1.82, 2.24) is 4.57 Å². The highest BCUT2D eigenvalue weighted by Gasteiger charge is 2.38. The normalized spacial score (nSPS) is 16.5. The molecule has 0 radical (unpaired) electrons. The summed E-state index contributed by atoms with van der Waals surface area (Å²) in [4.78, 5) is 2.82. The van der Waals surface area contributed by atoms with Crippen LogP contribution in [0.2, 0.25) is 0 Å². The van der Waals surface area contributed by atoms with Crippen molar-refractivity contribution in [3.8, 4) is 0 Å². The van der Waals surface area contributed by atoms with Gasteiger partial charge in [-0.05, 0) is 0 Å². The number of hydrogen-bond donors (Lipinski definition) is 0. The van der Waals surface area contributed by atoms with Crippen LogP contribution in [0.5, 0.6) is 0 Å². The average Bonchev–Trinajstić information content (AvgIpc) is 3.55. The van der Waals surface area contributed by atoms with Crippen LogP contribution in [0.15, 0.2) is 30.7 Å². The highest BCUT2D eigenvalue weighted by Crippen LogP contribution is 2.62. The van der Waals surface area contributed by atoms with Crippen molar-refractivity contribution in [1.29, 1.82) is 0 Å². The Morgan fingerprint density at radius 3 is 1.44 bits per heavy atom. The predicted molar refractivity (Wildman–Crippen MR) is 159 cm³/mol. The van der Waals surface area contributed by atoms with Crippen LogP contribution in [0.1, 0.15) is 0 Å². The first-order valence-electron chi connectivity index (χ1n) is 11.8. The maximum Gasteiger partial charge on any atom is 0.0825 e. The molecular formula is C23H37NO6S6. The maximum atomic E-state index is 5.76. The molecule has 206 valence electrons. The van der Waals surface area contributed by atoms with Crippen LogP contribution < -0.4 is 0 Å². The molecule has 2 aliphatic heterocycles. The number of aryl methyl sites for hydroxylation is 1. The molecule has 0 N–H and O–H groups in total. The topological polar surface area (TPSA) is 60.3 Å². The van der Waals surface area contributed by atoms with E-state index in [4.69, 9.17) is 28.4 Å². The van der Waals surface area contributed by atoms with Gasteiger partial charge < -0.3 is 33.0 Å². The fourth-order valence-corrected chi connectivity index (χ4v) is 12.9. The number of thioether (sulfide) groups is 6. The second kappa shape index (κ2) is 19.0. The molecule has 3 rings (SSSR count). The van der Waals surface area contributed by atoms with Gasteiger partial charge in [-0.1, -0.05) is 0 Å². The fourth-order valence-electron chi connectivity index (χ4n) is 3.04. The number of nitrogens with zero attached hydrogens (tertiary/aromatic N) is 1. The zero-order valence-corrected chi connectivity index (χ0v) is 26.0. The molecule has 1 aromatic heterocycles. The molecule has 13 heteroatoms. The molecule has 0 saturated heterocycles. The minimum Gasteiger partial charge on any atom is -0.382 e. The van der Waals surface area contributed by atoms with Crippen molar-refractivity contribution in [3.05, 3.63) is 20.9 Å². The van der Waals surface area contributed by atoms with Crippen LogP contribution in [-0.4, -0.2) is 106 Å². The Morgan fingerprint density at radius 1 is 0.611 bits per heavy atom. The Morgan fingerprint density at radius 2 is 1.00 bits per heavy atom. The third kappa shape index (κ3) is 11.5. The maximum absolute atomic E-state index is 5.76. The molecule has 0 amide bonds. The minimum absolute atomic E-state index is 0.507. The van der Waals surface area contributed by atoms with Gasteiger partial charge in [0.15, 0.2) is 0 Å². The molecule has 0 unspecified atom stereocenters. The first-order chi connectivity index (χ1) is 17.7. The highest BCUT2D eigenvalue weighted by molar-refractivity contribution is 8.38. The fraction of sp³-hybridized carbons (Fsp3) is 0.739. The minimum atomic E-state index is 0.507. The van der Waals surface area contributed by atoms with Gasteiger partial charge >= 0.3 is 0 Å². The van der Waals surface area contributed by atoms with E-state index in [9.17, 15) is 0 Å². The van der Waals surface area contributed by atoms with E-state index in [-0.39, 0.29) is 0 Å². The third-order valence-corrected chi connectivity index (χ3v) is 14.2. The quantitative estimate of drug-likeness (QED) is 0.169. The molecule has 1 aromatic rings. The van der Waals surface area contributed by atoms with Crippen LogP contribution in [0, 0.1) is 0 Å². The molecule has 0 spiro atoms. The van der Waals surface area contributed by atoms with Crippen LogP contribution in [0.4, 0.5) is 0 Å². The molecule has 0 fully saturated rings. The summed E-state index contributed by atoms with van der Waals surface area (Å²) in [7, 11) is 5.46. The monoisotopic (exact) mass is 615 g/mol. The number of rotatable bonds is 21. The largest absolute Gasteiger partial charge is 0.382 e. The zero-order valence-electron chi connectivity index (χ0n) is 21.1. The lowest BCUT2D eigenvalue weighted by atomic mass is 10.7. The molecular weight excluding hydrogens is 579 g/mol. The molecule has 3 heterocycles. The number of hydrogen-bond acceptors (Lipinski definition) is 12. The summed E-state index contributed by atoms with van der Waals surface area (Å²) in [5.74, 6) is 1.89. The lowest BCUT2D eigenvalue weighted by molar-refractivity contribution is 0.0286. The number of aromatic nitrogens is 1. The first-order valence-corrected chi connectivity index (χ1v) is 17.3. The van der Waals surface area contributed by atoms with Crippen molar-refractivity contribution in [2.45, 2.75) is 19.0 Å². The van der Waals surface area contributed by atoms with E-state index in [1.807, 2.05) is 70.6 Å². The molecule has 36 heavy (non-hydrogen) atoms. The molecule has 0 saturated carbocycles. The summed E-state index contributed by atoms with van der Waals surface area (Å²) in [6.45, 7) is 6.38. The summed E-state index contributed by atoms with van der Waals surface area (Å²) < 4.78 is 38.4. The van der Waals surface area contributed by atoms with E-state index in [0.29, 0.717) is 62.0 Å². The van der Waals surface area contributed by atoms with Gasteiger partial charge in [0, 0.05) is 55.0 Å². The van der Waals surface area contributed by atoms with Crippen molar-refractivity contribution in [2.75, 3.05) is 91.8 Å². The van der Waals surface area contributed by atoms with E-state index >= 15 is 0 Å². The second-order valence-corrected chi connectivity index (χ2v) is 15.6. The zero-order chi connectivity index (χ0) is 25.4. The summed E-state index contributed by atoms with van der Waals surface area (Å²) in [6.07, 6.45) is 4.48. The highest BCUT2D eigenvalue weighted by atomic mass is 32.3. The Balaban J connectivity index is 1.37. The van der Waals surface area contributed by atoms with Crippen LogP contribution in [0.25, 0.3) is 0 Å². The average molecular weight is 616 g/mol. The number of ether oxygens (including phenoxy) is 6. The molecule has 0 bridgehead atoms. The molecule has 7 nitrogen and oxygen atoms in total. The van der Waals surface area contributed by atoms with E-state index in [1.165, 1.54) is 18.3 Å². The molecule has 2 aliphatic rings. The van der Waals surface area contributed by atoms with Gasteiger partial charge in [-0.3, -0.25) is 0 Å². The van der Waals surface area contributed by atoms with Gasteiger partial charge in [-0.2, -0.15) is 0 Å². The Hall–Kier alpha value is 0.880. The van der Waals surface area contributed by atoms with Crippen molar-refractivity contribution < 1.29 is 28.4 Å². The lowest BCUT2D eigenvalue weighted by Gasteiger charge is -2.15. The summed E-state index contributed by atoms with van der Waals surface area (Å²) in [5.41, 5.74) is 0. The molecule has 0 atom stereocenters. The van der Waals surface area contributed by atoms with Crippen molar-refractivity contribution >= 4 is 70.6 Å². The SMILES string of the molecule is COCCOCCOCCSC1=C(SCCOCCOCCOC)SC(C2Sc3cn(C)cc3S2)S1. The summed E-state index contributed by atoms with van der Waals surface area (Å²) in [6, 6.07) is 0. The van der Waals surface area contributed by atoms with Gasteiger partial charge in [0.05, 0.1) is 83.7 Å². The van der Waals surface area contributed by atoms with E-state index in [0.717, 1.165) is 24.7 Å². The number of fused-ring (bicyclic) bond motifs is 1. The smallest absolute Gasteiger partial charge is 0.0825 e. The number of methoxy groups -OCH3 is 2. The van der Waals surface area contributed by atoms with Crippen LogP contribution in [-0.2, 0) is 35.5 Å². The second-order valence-electron chi connectivity index (χ2n) is 7.57. The molecule has 0 aromatic carbocycles. The van der Waals surface area contributed by atoms with Crippen molar-refractivity contribution in [2.24, 2.45) is 7.05 Å². The Kier molecular flexibility index (Phi) is 16.6. The van der Waals surface area contributed by atoms with Gasteiger partial charge in [0.25, 0.3) is 0 Å². The van der Waals surface area contributed by atoms with Gasteiger partial charge in [-0.25, -0.2) is 0 Å². The lowest BCUT2D eigenvalue weighted by Crippen LogP contribution is -2.09. The van der Waals surface area contributed by atoms with E-state index < -0.39 is 0 Å². The Labute approximate surface area is 241 Å². The standard InChI is InChI=1S/C23H37NO6S6/c1-24-16-18-19(17-24)34-22(33-18)23-35-20(31-14-12-29-10-8-27-6-4-25-2)21(36-23)32-15-13-30-11-9-28-7-5-26-3/h16-17,22-23H,4-15H2,1-3H3. The van der Waals surface area contributed by atoms with Gasteiger partial charge in [-0.15, -0.1) is 70.6 Å². The summed E-state index contributed by atoms with van der Waals surface area (Å²) in [5, 5.41) is 0. The summed E-state index contributed by atoms with van der Waals surface area (Å²) >= 11 is 11.9. The van der Waals surface area contributed by atoms with Crippen molar-refractivity contribution in [3.63, 3.8) is 0 Å². The predicted octanol–water partition coefficient (Wildman–Crippen LogP) is 5.31. The van der Waals surface area contributed by atoms with Gasteiger partial charge in [0.2, 0.25) is 0 Å². The van der Waals surface area contributed by atoms with Gasteiger partial charge in [0.1, 0.15) is 0 Å². The third-order valence-electron chi connectivity index (χ3n) is 4.74.